The van der Waals surface area contributed by atoms with Gasteiger partial charge in [0.1, 0.15) is 11.7 Å². The molecule has 1 aliphatic rings. The van der Waals surface area contributed by atoms with E-state index in [2.05, 4.69) is 11.0 Å². The van der Waals surface area contributed by atoms with Crippen LogP contribution >= 0.6 is 0 Å². The van der Waals surface area contributed by atoms with Crippen LogP contribution < -0.4 is 0 Å². The molecule has 156 valence electrons. The van der Waals surface area contributed by atoms with E-state index in [9.17, 15) is 19.5 Å². The molecule has 1 aromatic heterocycles. The fourth-order valence-electron chi connectivity index (χ4n) is 4.07. The largest absolute Gasteiger partial charge is 0.505 e. The highest BCUT2D eigenvalue weighted by molar-refractivity contribution is 6.15. The van der Waals surface area contributed by atoms with Crippen LogP contribution in [-0.4, -0.2) is 50.9 Å². The van der Waals surface area contributed by atoms with Crippen molar-refractivity contribution in [2.75, 3.05) is 13.6 Å². The summed E-state index contributed by atoms with van der Waals surface area (Å²) in [5.41, 5.74) is 3.15. The average molecular weight is 407 g/mol. The number of carbonyl (C=O) groups is 3. The molecular formula is C23H25N3O4. The number of amides is 1. The zero-order chi connectivity index (χ0) is 22.0. The number of aryl methyl sites for hydroxylation is 2. The van der Waals surface area contributed by atoms with Crippen LogP contribution in [0.2, 0.25) is 0 Å². The van der Waals surface area contributed by atoms with E-state index in [-0.39, 0.29) is 42.6 Å². The van der Waals surface area contributed by atoms with Crippen LogP contribution in [0.4, 0.5) is 0 Å². The number of ketones is 2. The number of Topliss-reactive ketones (excluding diaryl/α,β-unsaturated/α-hetero) is 2. The zero-order valence-corrected chi connectivity index (χ0v) is 17.4. The molecule has 1 fully saturated rings. The maximum Gasteiger partial charge on any atom is 0.223 e. The van der Waals surface area contributed by atoms with Crippen LogP contribution in [0.5, 0.6) is 5.75 Å². The minimum atomic E-state index is -0.851. The summed E-state index contributed by atoms with van der Waals surface area (Å²) in [4.78, 5) is 39.7. The lowest BCUT2D eigenvalue weighted by molar-refractivity contribution is -0.133. The maximum atomic E-state index is 13.1. The van der Waals surface area contributed by atoms with Crippen LogP contribution in [0.15, 0.2) is 24.5 Å². The molecule has 0 bridgehead atoms. The van der Waals surface area contributed by atoms with Crippen molar-refractivity contribution in [3.05, 3.63) is 41.2 Å². The molecule has 2 atom stereocenters. The van der Waals surface area contributed by atoms with Gasteiger partial charge in [0.2, 0.25) is 5.91 Å². The Labute approximate surface area is 175 Å². The second-order valence-corrected chi connectivity index (χ2v) is 7.69. The molecule has 2 unspecified atom stereocenters. The van der Waals surface area contributed by atoms with E-state index in [1.165, 1.54) is 17.3 Å². The minimum Gasteiger partial charge on any atom is -0.505 e. The summed E-state index contributed by atoms with van der Waals surface area (Å²) in [6.45, 7) is 3.99. The molecule has 0 radical (unpaired) electrons. The van der Waals surface area contributed by atoms with Gasteiger partial charge in [0, 0.05) is 25.8 Å². The minimum absolute atomic E-state index is 0.00952. The van der Waals surface area contributed by atoms with E-state index in [0.717, 1.165) is 22.4 Å². The van der Waals surface area contributed by atoms with Crippen molar-refractivity contribution in [3.8, 4) is 23.8 Å². The van der Waals surface area contributed by atoms with Gasteiger partial charge in [-0.3, -0.25) is 14.4 Å². The van der Waals surface area contributed by atoms with Crippen LogP contribution in [0, 0.1) is 25.2 Å². The molecule has 0 aliphatic heterocycles. The highest BCUT2D eigenvalue weighted by Gasteiger charge is 2.44. The summed E-state index contributed by atoms with van der Waals surface area (Å²) in [5, 5.41) is 13.7. The number of hydrogen-bond donors (Lipinski definition) is 1. The van der Waals surface area contributed by atoms with Gasteiger partial charge in [0.05, 0.1) is 24.6 Å². The second-order valence-electron chi connectivity index (χ2n) is 7.69. The monoisotopic (exact) mass is 407 g/mol. The third-order valence-corrected chi connectivity index (χ3v) is 5.59. The van der Waals surface area contributed by atoms with Crippen molar-refractivity contribution in [1.29, 1.82) is 0 Å². The van der Waals surface area contributed by atoms with Gasteiger partial charge in [-0.15, -0.1) is 6.42 Å². The van der Waals surface area contributed by atoms with Gasteiger partial charge < -0.3 is 10.0 Å². The predicted octanol–water partition coefficient (Wildman–Crippen LogP) is 2.17. The van der Waals surface area contributed by atoms with E-state index in [0.29, 0.717) is 6.42 Å². The smallest absolute Gasteiger partial charge is 0.223 e. The molecule has 2 aromatic rings. The molecule has 1 heterocycles. The van der Waals surface area contributed by atoms with Crippen LogP contribution in [0.1, 0.15) is 42.4 Å². The average Bonchev–Trinajstić information content (AvgIpc) is 3.25. The lowest BCUT2D eigenvalue weighted by Crippen LogP contribution is -2.30. The molecule has 1 amide bonds. The van der Waals surface area contributed by atoms with Crippen molar-refractivity contribution in [1.82, 2.24) is 14.7 Å². The van der Waals surface area contributed by atoms with Gasteiger partial charge in [0.25, 0.3) is 0 Å². The van der Waals surface area contributed by atoms with Gasteiger partial charge >= 0.3 is 0 Å². The summed E-state index contributed by atoms with van der Waals surface area (Å²) in [6, 6.07) is 3.73. The number of terminal acetylenes is 1. The molecule has 1 aliphatic carbocycles. The lowest BCUT2D eigenvalue weighted by atomic mass is 9.85. The Kier molecular flexibility index (Phi) is 6.06. The van der Waals surface area contributed by atoms with Crippen molar-refractivity contribution < 1.29 is 19.5 Å². The first-order valence-corrected chi connectivity index (χ1v) is 9.88. The molecule has 30 heavy (non-hydrogen) atoms. The Morgan fingerprint density at radius 1 is 1.40 bits per heavy atom. The number of rotatable bonds is 6. The molecule has 1 aromatic carbocycles. The SMILES string of the molecule is C#CCN(C)C(=O)CC1CC(=O)C(c2c(C)cc(-n3cc(O)cn3)cc2CC)C1=O. The molecule has 1 saturated carbocycles. The molecule has 3 rings (SSSR count). The Bertz CT molecular complexity index is 1050. The van der Waals surface area contributed by atoms with Crippen molar-refractivity contribution in [3.63, 3.8) is 0 Å². The molecular weight excluding hydrogens is 382 g/mol. The highest BCUT2D eigenvalue weighted by atomic mass is 16.3. The van der Waals surface area contributed by atoms with Gasteiger partial charge in [0.15, 0.2) is 11.5 Å². The van der Waals surface area contributed by atoms with E-state index in [1.54, 1.807) is 11.7 Å². The number of aromatic hydroxyl groups is 1. The topological polar surface area (TPSA) is 92.5 Å². The predicted molar refractivity (Wildman–Crippen MR) is 111 cm³/mol. The normalized spacial score (nSPS) is 18.5. The Hall–Kier alpha value is -3.40. The Morgan fingerprint density at radius 2 is 2.13 bits per heavy atom. The number of carbonyl (C=O) groups excluding carboxylic acids is 3. The van der Waals surface area contributed by atoms with Gasteiger partial charge in [-0.05, 0) is 42.2 Å². The standard InChI is InChI=1S/C23H25N3O4/c1-5-7-25(4)20(29)11-16-10-19(28)22(23(16)30)21-14(3)8-17(9-15(21)6-2)26-13-18(27)12-24-26/h1,8-9,12-13,16,22,27H,6-7,10-11H2,2-4H3. The van der Waals surface area contributed by atoms with E-state index >= 15 is 0 Å². The van der Waals surface area contributed by atoms with Crippen LogP contribution in [0.25, 0.3) is 5.69 Å². The number of benzene rings is 1. The number of hydrogen-bond acceptors (Lipinski definition) is 5. The first-order valence-electron chi connectivity index (χ1n) is 9.88. The summed E-state index contributed by atoms with van der Waals surface area (Å²) in [5.74, 6) is 0.389. The summed E-state index contributed by atoms with van der Waals surface area (Å²) in [7, 11) is 1.59. The fraction of sp³-hybridized carbons (Fsp3) is 0.391. The second kappa shape index (κ2) is 8.54. The zero-order valence-electron chi connectivity index (χ0n) is 17.4. The summed E-state index contributed by atoms with van der Waals surface area (Å²) in [6.07, 6.45) is 8.77. The third-order valence-electron chi connectivity index (χ3n) is 5.59. The summed E-state index contributed by atoms with van der Waals surface area (Å²) < 4.78 is 1.55. The first kappa shape index (κ1) is 21.3. The van der Waals surface area contributed by atoms with Gasteiger partial charge in [-0.25, -0.2) is 4.68 Å². The molecule has 0 saturated heterocycles. The van der Waals surface area contributed by atoms with E-state index in [1.807, 2.05) is 26.0 Å². The number of aromatic nitrogens is 2. The van der Waals surface area contributed by atoms with E-state index in [4.69, 9.17) is 6.42 Å². The Morgan fingerprint density at radius 3 is 2.73 bits per heavy atom. The highest BCUT2D eigenvalue weighted by Crippen LogP contribution is 2.38. The van der Waals surface area contributed by atoms with Crippen LogP contribution in [0.3, 0.4) is 0 Å². The Balaban J connectivity index is 1.91. The fourth-order valence-corrected chi connectivity index (χ4v) is 4.07. The molecule has 0 spiro atoms. The van der Waals surface area contributed by atoms with Crippen molar-refractivity contribution in [2.24, 2.45) is 5.92 Å². The van der Waals surface area contributed by atoms with Crippen molar-refractivity contribution in [2.45, 2.75) is 39.0 Å². The van der Waals surface area contributed by atoms with Crippen LogP contribution in [-0.2, 0) is 20.8 Å². The summed E-state index contributed by atoms with van der Waals surface area (Å²) >= 11 is 0. The molecule has 7 heteroatoms. The van der Waals surface area contributed by atoms with Gasteiger partial charge in [-0.2, -0.15) is 5.10 Å². The van der Waals surface area contributed by atoms with Gasteiger partial charge in [-0.1, -0.05) is 12.8 Å². The molecule has 1 N–H and O–H groups in total. The third kappa shape index (κ3) is 3.99. The van der Waals surface area contributed by atoms with Crippen molar-refractivity contribution >= 4 is 17.5 Å². The number of nitrogens with zero attached hydrogens (tertiary/aromatic N) is 3. The van der Waals surface area contributed by atoms with E-state index < -0.39 is 11.8 Å². The first-order chi connectivity index (χ1) is 14.3. The lowest BCUT2D eigenvalue weighted by Gasteiger charge is -2.19. The quantitative estimate of drug-likeness (QED) is 0.585. The molecule has 7 nitrogen and oxygen atoms in total. The maximum absolute atomic E-state index is 13.1.